The molecule has 0 radical (unpaired) electrons. The molecule has 0 bridgehead atoms. The monoisotopic (exact) mass is 216 g/mol. The highest BCUT2D eigenvalue weighted by Gasteiger charge is 2.30. The van der Waals surface area contributed by atoms with Crippen LogP contribution in [0.5, 0.6) is 0 Å². The lowest BCUT2D eigenvalue weighted by Crippen LogP contribution is -2.04. The van der Waals surface area contributed by atoms with E-state index in [2.05, 4.69) is 4.98 Å². The minimum atomic E-state index is -2.85. The van der Waals surface area contributed by atoms with Crippen LogP contribution >= 0.6 is 0 Å². The van der Waals surface area contributed by atoms with Crippen LogP contribution in [0.2, 0.25) is 0 Å². The van der Waals surface area contributed by atoms with Gasteiger partial charge in [-0.05, 0) is 6.42 Å². The molecule has 1 aliphatic rings. The molecule has 1 fully saturated rings. The molecule has 0 spiro atoms. The van der Waals surface area contributed by atoms with Gasteiger partial charge in [0.05, 0.1) is 23.7 Å². The Morgan fingerprint density at radius 2 is 2.43 bits per heavy atom. The molecular weight excluding hydrogens is 204 g/mol. The molecule has 0 aromatic carbocycles. The number of hydrogen-bond donors (Lipinski definition) is 1. The highest BCUT2D eigenvalue weighted by Crippen LogP contribution is 2.27. The highest BCUT2D eigenvalue weighted by atomic mass is 32.2. The van der Waals surface area contributed by atoms with Crippen molar-refractivity contribution in [3.8, 4) is 0 Å². The lowest BCUT2D eigenvalue weighted by Gasteiger charge is -1.99. The van der Waals surface area contributed by atoms with E-state index in [1.807, 2.05) is 0 Å². The van der Waals surface area contributed by atoms with E-state index in [-0.39, 0.29) is 24.0 Å². The lowest BCUT2D eigenvalue weighted by molar-refractivity contribution is 0.497. The molecule has 1 aliphatic heterocycles. The Kier molecular flexibility index (Phi) is 2.32. The zero-order valence-corrected chi connectivity index (χ0v) is 8.46. The molecule has 2 N–H and O–H groups in total. The van der Waals surface area contributed by atoms with Gasteiger partial charge in [-0.3, -0.25) is 0 Å². The second-order valence-electron chi connectivity index (χ2n) is 3.47. The molecule has 5 nitrogen and oxygen atoms in total. The largest absolute Gasteiger partial charge is 0.447 e. The van der Waals surface area contributed by atoms with Crippen LogP contribution in [0.3, 0.4) is 0 Å². The summed E-state index contributed by atoms with van der Waals surface area (Å²) >= 11 is 0. The molecule has 0 saturated carbocycles. The summed E-state index contributed by atoms with van der Waals surface area (Å²) in [5.74, 6) is 0.889. The molecule has 1 aromatic rings. The Labute approximate surface area is 82.2 Å². The van der Waals surface area contributed by atoms with Crippen LogP contribution in [-0.4, -0.2) is 24.9 Å². The van der Waals surface area contributed by atoms with Crippen LogP contribution in [0.25, 0.3) is 0 Å². The van der Waals surface area contributed by atoms with E-state index in [4.69, 9.17) is 10.2 Å². The fraction of sp³-hybridized carbons (Fsp3) is 0.625. The average Bonchev–Trinajstić information content (AvgIpc) is 2.70. The first-order valence-corrected chi connectivity index (χ1v) is 6.27. The van der Waals surface area contributed by atoms with Crippen LogP contribution in [0.4, 0.5) is 0 Å². The molecule has 6 heteroatoms. The van der Waals surface area contributed by atoms with E-state index in [1.165, 1.54) is 6.26 Å². The number of aromatic nitrogens is 1. The van der Waals surface area contributed by atoms with E-state index in [9.17, 15) is 8.42 Å². The van der Waals surface area contributed by atoms with Gasteiger partial charge < -0.3 is 10.2 Å². The summed E-state index contributed by atoms with van der Waals surface area (Å²) in [6.45, 7) is 0.249. The van der Waals surface area contributed by atoms with Gasteiger partial charge in [-0.2, -0.15) is 0 Å². The van der Waals surface area contributed by atoms with E-state index in [1.54, 1.807) is 0 Å². The van der Waals surface area contributed by atoms with Crippen LogP contribution in [0.1, 0.15) is 23.9 Å². The molecule has 14 heavy (non-hydrogen) atoms. The third-order valence-electron chi connectivity index (χ3n) is 2.39. The zero-order chi connectivity index (χ0) is 10.2. The maximum atomic E-state index is 11.2. The summed E-state index contributed by atoms with van der Waals surface area (Å²) < 4.78 is 27.5. The number of hydrogen-bond acceptors (Lipinski definition) is 5. The molecule has 0 aliphatic carbocycles. The third kappa shape index (κ3) is 1.80. The van der Waals surface area contributed by atoms with Crippen molar-refractivity contribution in [1.29, 1.82) is 0 Å². The SMILES string of the molecule is NCc1nc(C2CCS(=O)(=O)C2)co1. The molecule has 2 heterocycles. The molecule has 1 unspecified atom stereocenters. The van der Waals surface area contributed by atoms with E-state index in [0.29, 0.717) is 18.0 Å². The van der Waals surface area contributed by atoms with Gasteiger partial charge in [0.1, 0.15) is 6.26 Å². The van der Waals surface area contributed by atoms with Gasteiger partial charge in [-0.25, -0.2) is 13.4 Å². The van der Waals surface area contributed by atoms with Crippen LogP contribution < -0.4 is 5.73 Å². The van der Waals surface area contributed by atoms with Gasteiger partial charge in [0, 0.05) is 5.92 Å². The molecule has 1 saturated heterocycles. The second-order valence-corrected chi connectivity index (χ2v) is 5.70. The standard InChI is InChI=1S/C8H12N2O3S/c9-3-8-10-7(4-13-8)6-1-2-14(11,12)5-6/h4,6H,1-3,5,9H2. The van der Waals surface area contributed by atoms with E-state index in [0.717, 1.165) is 0 Å². The van der Waals surface area contributed by atoms with Crippen LogP contribution in [-0.2, 0) is 16.4 Å². The summed E-state index contributed by atoms with van der Waals surface area (Å²) in [4.78, 5) is 4.12. The van der Waals surface area contributed by atoms with Crippen molar-refractivity contribution in [2.24, 2.45) is 5.73 Å². The van der Waals surface area contributed by atoms with Gasteiger partial charge in [0.15, 0.2) is 9.84 Å². The highest BCUT2D eigenvalue weighted by molar-refractivity contribution is 7.91. The third-order valence-corrected chi connectivity index (χ3v) is 4.16. The molecule has 78 valence electrons. The molecule has 0 amide bonds. The fourth-order valence-electron chi connectivity index (χ4n) is 1.63. The van der Waals surface area contributed by atoms with Gasteiger partial charge in [-0.1, -0.05) is 0 Å². The van der Waals surface area contributed by atoms with Crippen molar-refractivity contribution in [3.05, 3.63) is 17.8 Å². The zero-order valence-electron chi connectivity index (χ0n) is 7.64. The van der Waals surface area contributed by atoms with Crippen molar-refractivity contribution in [3.63, 3.8) is 0 Å². The topological polar surface area (TPSA) is 86.2 Å². The van der Waals surface area contributed by atoms with Gasteiger partial charge in [0.25, 0.3) is 0 Å². The first-order chi connectivity index (χ1) is 6.61. The van der Waals surface area contributed by atoms with Crippen molar-refractivity contribution in [1.82, 2.24) is 4.98 Å². The Hall–Kier alpha value is -0.880. The summed E-state index contributed by atoms with van der Waals surface area (Å²) in [5, 5.41) is 0. The van der Waals surface area contributed by atoms with E-state index >= 15 is 0 Å². The van der Waals surface area contributed by atoms with Crippen molar-refractivity contribution in [2.75, 3.05) is 11.5 Å². The average molecular weight is 216 g/mol. The van der Waals surface area contributed by atoms with Crippen LogP contribution in [0.15, 0.2) is 10.7 Å². The minimum Gasteiger partial charge on any atom is -0.447 e. The molecule has 1 atom stereocenters. The molecular formula is C8H12N2O3S. The number of rotatable bonds is 2. The maximum absolute atomic E-state index is 11.2. The Balaban J connectivity index is 2.17. The van der Waals surface area contributed by atoms with E-state index < -0.39 is 9.84 Å². The van der Waals surface area contributed by atoms with Gasteiger partial charge >= 0.3 is 0 Å². The normalized spacial score (nSPS) is 25.4. The van der Waals surface area contributed by atoms with Crippen molar-refractivity contribution in [2.45, 2.75) is 18.9 Å². The fourth-order valence-corrected chi connectivity index (χ4v) is 3.40. The van der Waals surface area contributed by atoms with Gasteiger partial charge in [-0.15, -0.1) is 0 Å². The summed E-state index contributed by atoms with van der Waals surface area (Å²) in [6.07, 6.45) is 2.15. The first kappa shape index (κ1) is 9.67. The number of sulfone groups is 1. The predicted octanol–water partition coefficient (Wildman–Crippen LogP) is 0.0354. The lowest BCUT2D eigenvalue weighted by atomic mass is 10.1. The number of nitrogens with zero attached hydrogens (tertiary/aromatic N) is 1. The summed E-state index contributed by atoms with van der Waals surface area (Å²) in [7, 11) is -2.85. The van der Waals surface area contributed by atoms with Crippen molar-refractivity contribution >= 4 is 9.84 Å². The van der Waals surface area contributed by atoms with Crippen molar-refractivity contribution < 1.29 is 12.8 Å². The molecule has 2 rings (SSSR count). The van der Waals surface area contributed by atoms with Crippen LogP contribution in [0, 0.1) is 0 Å². The number of oxazole rings is 1. The Bertz CT molecular complexity index is 424. The summed E-state index contributed by atoms with van der Waals surface area (Å²) in [5.41, 5.74) is 6.05. The Morgan fingerprint density at radius 1 is 1.64 bits per heavy atom. The Morgan fingerprint density at radius 3 is 2.93 bits per heavy atom. The number of nitrogens with two attached hydrogens (primary N) is 1. The maximum Gasteiger partial charge on any atom is 0.207 e. The smallest absolute Gasteiger partial charge is 0.207 e. The molecule has 1 aromatic heterocycles. The summed E-state index contributed by atoms with van der Waals surface area (Å²) in [6, 6.07) is 0. The quantitative estimate of drug-likeness (QED) is 0.754. The predicted molar refractivity (Wildman–Crippen MR) is 50.4 cm³/mol. The first-order valence-electron chi connectivity index (χ1n) is 4.45. The van der Waals surface area contributed by atoms with Gasteiger partial charge in [0.2, 0.25) is 5.89 Å². The second kappa shape index (κ2) is 3.36. The minimum absolute atomic E-state index is 0.0101.